The van der Waals surface area contributed by atoms with Gasteiger partial charge in [0.2, 0.25) is 0 Å². The van der Waals surface area contributed by atoms with Gasteiger partial charge in [-0.15, -0.1) is 12.6 Å². The summed E-state index contributed by atoms with van der Waals surface area (Å²) in [6.07, 6.45) is 9.10. The number of nitrogens with zero attached hydrogens (tertiary/aromatic N) is 2. The van der Waals surface area contributed by atoms with Crippen LogP contribution in [0, 0.1) is 5.82 Å². The summed E-state index contributed by atoms with van der Waals surface area (Å²) < 4.78 is 13.2. The van der Waals surface area contributed by atoms with Gasteiger partial charge in [0.15, 0.2) is 0 Å². The minimum atomic E-state index is -0.221. The monoisotopic (exact) mass is 447 g/mol. The van der Waals surface area contributed by atoms with Crippen molar-refractivity contribution in [2.45, 2.75) is 61.9 Å². The van der Waals surface area contributed by atoms with Gasteiger partial charge in [0.25, 0.3) is 5.91 Å². The van der Waals surface area contributed by atoms with Crippen LogP contribution in [0.1, 0.15) is 66.8 Å². The van der Waals surface area contributed by atoms with Crippen LogP contribution < -0.4 is 5.32 Å². The highest BCUT2D eigenvalue weighted by Crippen LogP contribution is 2.35. The fourth-order valence-corrected chi connectivity index (χ4v) is 4.93. The zero-order valence-electron chi connectivity index (χ0n) is 16.9. The first-order chi connectivity index (χ1) is 14.5. The van der Waals surface area contributed by atoms with Gasteiger partial charge in [0.1, 0.15) is 10.8 Å². The molecule has 30 heavy (non-hydrogen) atoms. The van der Waals surface area contributed by atoms with Crippen LogP contribution in [0.5, 0.6) is 0 Å². The number of benzene rings is 1. The van der Waals surface area contributed by atoms with Gasteiger partial charge in [0, 0.05) is 25.3 Å². The Morgan fingerprint density at radius 2 is 1.77 bits per heavy atom. The molecule has 1 aromatic heterocycles. The Kier molecular flexibility index (Phi) is 6.84. The smallest absolute Gasteiger partial charge is 0.257 e. The summed E-state index contributed by atoms with van der Waals surface area (Å²) in [6.45, 7) is 1.31. The number of piperidine rings is 1. The number of hydrogen-bond donors (Lipinski definition) is 2. The van der Waals surface area contributed by atoms with Crippen LogP contribution in [0.15, 0.2) is 35.5 Å². The van der Waals surface area contributed by atoms with Crippen molar-refractivity contribution in [3.8, 4) is 0 Å². The zero-order valence-corrected chi connectivity index (χ0v) is 18.6. The van der Waals surface area contributed by atoms with E-state index in [1.807, 2.05) is 17.0 Å². The zero-order chi connectivity index (χ0) is 21.1. The van der Waals surface area contributed by atoms with E-state index in [2.05, 4.69) is 22.9 Å². The molecule has 0 atom stereocenters. The highest BCUT2D eigenvalue weighted by Gasteiger charge is 2.28. The molecule has 1 aliphatic heterocycles. The summed E-state index contributed by atoms with van der Waals surface area (Å²) in [6, 6.07) is 7.02. The number of likely N-dealkylation sites (tertiary alicyclic amines) is 1. The van der Waals surface area contributed by atoms with E-state index in [9.17, 15) is 9.18 Å². The van der Waals surface area contributed by atoms with E-state index in [4.69, 9.17) is 11.6 Å². The molecule has 0 radical (unpaired) electrons. The van der Waals surface area contributed by atoms with Gasteiger partial charge in [-0.25, -0.2) is 9.37 Å². The van der Waals surface area contributed by atoms with Gasteiger partial charge in [-0.1, -0.05) is 43.0 Å². The molecule has 2 aliphatic rings. The van der Waals surface area contributed by atoms with Crippen LogP contribution in [0.4, 0.5) is 10.1 Å². The Hall–Kier alpha value is -1.79. The maximum absolute atomic E-state index is 13.3. The van der Waals surface area contributed by atoms with Crippen molar-refractivity contribution >= 4 is 35.8 Å². The molecule has 7 heteroatoms. The Labute approximate surface area is 187 Å². The minimum absolute atomic E-state index is 0.0476. The quantitative estimate of drug-likeness (QED) is 0.571. The van der Waals surface area contributed by atoms with Crippen molar-refractivity contribution in [3.63, 3.8) is 0 Å². The lowest BCUT2D eigenvalue weighted by atomic mass is 9.89. The second kappa shape index (κ2) is 9.56. The minimum Gasteiger partial charge on any atom is -0.380 e. The normalized spacial score (nSPS) is 18.4. The lowest BCUT2D eigenvalue weighted by Gasteiger charge is -2.33. The summed E-state index contributed by atoms with van der Waals surface area (Å²) in [5.74, 6) is 0.0750. The van der Waals surface area contributed by atoms with Gasteiger partial charge in [0.05, 0.1) is 16.3 Å². The summed E-state index contributed by atoms with van der Waals surface area (Å²) in [4.78, 5) is 19.4. The lowest BCUT2D eigenvalue weighted by Crippen LogP contribution is -2.38. The van der Waals surface area contributed by atoms with Crippen molar-refractivity contribution in [3.05, 3.63) is 52.4 Å². The van der Waals surface area contributed by atoms with E-state index in [1.165, 1.54) is 31.4 Å². The lowest BCUT2D eigenvalue weighted by molar-refractivity contribution is 0.0713. The van der Waals surface area contributed by atoms with E-state index in [0.717, 1.165) is 31.2 Å². The second-order valence-electron chi connectivity index (χ2n) is 8.28. The topological polar surface area (TPSA) is 45.2 Å². The third-order valence-corrected chi connectivity index (χ3v) is 7.15. The SMILES string of the molecule is O=C(c1cnc(S)c(Cl)c1NC1CCCCC1)N1CCC(c2ccc(F)cc2)CC1. The van der Waals surface area contributed by atoms with Gasteiger partial charge in [-0.2, -0.15) is 0 Å². The van der Waals surface area contributed by atoms with E-state index in [0.29, 0.717) is 46.3 Å². The number of pyridine rings is 1. The molecule has 2 heterocycles. The molecule has 0 bridgehead atoms. The van der Waals surface area contributed by atoms with Gasteiger partial charge < -0.3 is 10.2 Å². The van der Waals surface area contributed by atoms with Crippen molar-refractivity contribution in [2.24, 2.45) is 0 Å². The molecule has 160 valence electrons. The third kappa shape index (κ3) is 4.75. The number of aromatic nitrogens is 1. The molecule has 1 aromatic carbocycles. The van der Waals surface area contributed by atoms with E-state index in [-0.39, 0.29) is 11.7 Å². The van der Waals surface area contributed by atoms with E-state index < -0.39 is 0 Å². The van der Waals surface area contributed by atoms with Crippen molar-refractivity contribution < 1.29 is 9.18 Å². The molecule has 4 nitrogen and oxygen atoms in total. The van der Waals surface area contributed by atoms with Crippen LogP contribution in [0.3, 0.4) is 0 Å². The maximum atomic E-state index is 13.3. The third-order valence-electron chi connectivity index (χ3n) is 6.31. The van der Waals surface area contributed by atoms with Gasteiger partial charge in [-0.05, 0) is 49.3 Å². The molecule has 1 aliphatic carbocycles. The molecule has 0 unspecified atom stereocenters. The van der Waals surface area contributed by atoms with E-state index in [1.54, 1.807) is 6.20 Å². The molecular weight excluding hydrogens is 421 g/mol. The van der Waals surface area contributed by atoms with Gasteiger partial charge >= 0.3 is 0 Å². The van der Waals surface area contributed by atoms with Crippen molar-refractivity contribution in [2.75, 3.05) is 18.4 Å². The van der Waals surface area contributed by atoms with Gasteiger partial charge in [-0.3, -0.25) is 4.79 Å². The first-order valence-corrected chi connectivity index (χ1v) is 11.5. The van der Waals surface area contributed by atoms with Crippen molar-refractivity contribution in [1.29, 1.82) is 0 Å². The largest absolute Gasteiger partial charge is 0.380 e. The predicted octanol–water partition coefficient (Wildman–Crippen LogP) is 5.93. The van der Waals surface area contributed by atoms with Crippen LogP contribution in [-0.4, -0.2) is 34.9 Å². The fraction of sp³-hybridized carbons (Fsp3) is 0.478. The molecule has 2 fully saturated rings. The molecular formula is C23H27ClFN3OS. The molecule has 1 N–H and O–H groups in total. The number of rotatable bonds is 4. The van der Waals surface area contributed by atoms with Crippen LogP contribution in [0.2, 0.25) is 5.02 Å². The molecule has 1 saturated heterocycles. The second-order valence-corrected chi connectivity index (χ2v) is 9.08. The summed E-state index contributed by atoms with van der Waals surface area (Å²) in [5, 5.41) is 4.36. The fourth-order valence-electron chi connectivity index (χ4n) is 4.55. The number of carbonyl (C=O) groups is 1. The highest BCUT2D eigenvalue weighted by molar-refractivity contribution is 7.80. The summed E-state index contributed by atoms with van der Waals surface area (Å²) in [7, 11) is 0. The number of thiol groups is 1. The maximum Gasteiger partial charge on any atom is 0.257 e. The molecule has 1 amide bonds. The number of nitrogens with one attached hydrogen (secondary N) is 1. The average molecular weight is 448 g/mol. The number of halogens is 2. The Balaban J connectivity index is 1.48. The standard InChI is InChI=1S/C23H27ClFN3OS/c24-20-21(27-18-4-2-1-3-5-18)19(14-26-22(20)30)23(29)28-12-10-16(11-13-28)15-6-8-17(25)9-7-15/h6-9,14,16,18H,1-5,10-13H2,(H2,26,27,30). The average Bonchev–Trinajstić information content (AvgIpc) is 2.78. The Morgan fingerprint density at radius 3 is 2.43 bits per heavy atom. The van der Waals surface area contributed by atoms with E-state index >= 15 is 0 Å². The summed E-state index contributed by atoms with van der Waals surface area (Å²) >= 11 is 10.9. The predicted molar refractivity (Wildman–Crippen MR) is 121 cm³/mol. The van der Waals surface area contributed by atoms with Crippen LogP contribution in [-0.2, 0) is 0 Å². The number of carbonyl (C=O) groups excluding carboxylic acids is 1. The van der Waals surface area contributed by atoms with Crippen LogP contribution in [0.25, 0.3) is 0 Å². The Morgan fingerprint density at radius 1 is 1.10 bits per heavy atom. The number of amides is 1. The van der Waals surface area contributed by atoms with Crippen LogP contribution >= 0.6 is 24.2 Å². The molecule has 1 saturated carbocycles. The molecule has 0 spiro atoms. The summed E-state index contributed by atoms with van der Waals surface area (Å²) in [5.41, 5.74) is 2.31. The highest BCUT2D eigenvalue weighted by atomic mass is 35.5. The number of hydrogen-bond acceptors (Lipinski definition) is 4. The molecule has 2 aromatic rings. The molecule has 4 rings (SSSR count). The number of anilines is 1. The first kappa shape index (κ1) is 21.4. The first-order valence-electron chi connectivity index (χ1n) is 10.7. The van der Waals surface area contributed by atoms with Crippen molar-refractivity contribution in [1.82, 2.24) is 9.88 Å². The Bertz CT molecular complexity index is 894.